The summed E-state index contributed by atoms with van der Waals surface area (Å²) in [6.45, 7) is 9.33. The molecular formula is C17H26N2O2. The third-order valence-corrected chi connectivity index (χ3v) is 3.80. The van der Waals surface area contributed by atoms with Crippen molar-refractivity contribution >= 4 is 5.91 Å². The molecule has 1 fully saturated rings. The molecule has 1 aliphatic heterocycles. The van der Waals surface area contributed by atoms with Gasteiger partial charge in [0.1, 0.15) is 12.4 Å². The first-order valence-electron chi connectivity index (χ1n) is 7.68. The maximum Gasteiger partial charge on any atom is 0.224 e. The highest BCUT2D eigenvalue weighted by molar-refractivity contribution is 5.79. The second-order valence-electron chi connectivity index (χ2n) is 6.61. The molecule has 1 atom stereocenters. The Morgan fingerprint density at radius 2 is 2.24 bits per heavy atom. The number of carbonyl (C=O) groups excluding carboxylic acids is 1. The van der Waals surface area contributed by atoms with Crippen LogP contribution in [0.3, 0.4) is 0 Å². The molecule has 2 N–H and O–H groups in total. The molecule has 1 aromatic carbocycles. The number of benzene rings is 1. The molecule has 2 rings (SSSR count). The fourth-order valence-electron chi connectivity index (χ4n) is 2.42. The Balaban J connectivity index is 1.74. The van der Waals surface area contributed by atoms with Crippen molar-refractivity contribution in [1.82, 2.24) is 10.6 Å². The van der Waals surface area contributed by atoms with Crippen molar-refractivity contribution < 1.29 is 9.53 Å². The van der Waals surface area contributed by atoms with E-state index in [1.807, 2.05) is 12.1 Å². The number of hydrogen-bond acceptors (Lipinski definition) is 3. The average molecular weight is 290 g/mol. The molecule has 1 saturated heterocycles. The first-order chi connectivity index (χ1) is 9.97. The maximum atomic E-state index is 11.8. The highest BCUT2D eigenvalue weighted by atomic mass is 16.5. The minimum atomic E-state index is 0.114. The summed E-state index contributed by atoms with van der Waals surface area (Å²) in [5, 5.41) is 6.13. The molecule has 4 nitrogen and oxygen atoms in total. The number of hydrogen-bond donors (Lipinski definition) is 2. The lowest BCUT2D eigenvalue weighted by atomic mass is 9.87. The SMILES string of the molecule is CC(C)(C)c1cccc(OCCNC(=O)C2CCNC2)c1. The standard InChI is InChI=1S/C17H26N2O2/c1-17(2,3)14-5-4-6-15(11-14)21-10-9-19-16(20)13-7-8-18-12-13/h4-6,11,13,18H,7-10,12H2,1-3H3,(H,19,20). The lowest BCUT2D eigenvalue weighted by Crippen LogP contribution is -2.34. The van der Waals surface area contributed by atoms with Gasteiger partial charge in [-0.05, 0) is 36.1 Å². The fourth-order valence-corrected chi connectivity index (χ4v) is 2.42. The van der Waals surface area contributed by atoms with Crippen LogP contribution in [0.5, 0.6) is 5.75 Å². The van der Waals surface area contributed by atoms with Crippen LogP contribution in [0, 0.1) is 5.92 Å². The second-order valence-corrected chi connectivity index (χ2v) is 6.61. The second kappa shape index (κ2) is 6.94. The van der Waals surface area contributed by atoms with Crippen molar-refractivity contribution in [1.29, 1.82) is 0 Å². The molecule has 0 aromatic heterocycles. The zero-order chi connectivity index (χ0) is 15.3. The van der Waals surface area contributed by atoms with E-state index in [9.17, 15) is 4.79 Å². The van der Waals surface area contributed by atoms with E-state index in [2.05, 4.69) is 43.5 Å². The van der Waals surface area contributed by atoms with Gasteiger partial charge in [-0.15, -0.1) is 0 Å². The third kappa shape index (κ3) is 4.74. The third-order valence-electron chi connectivity index (χ3n) is 3.80. The molecule has 1 aliphatic rings. The molecule has 21 heavy (non-hydrogen) atoms. The average Bonchev–Trinajstić information content (AvgIpc) is 2.97. The number of amides is 1. The van der Waals surface area contributed by atoms with E-state index < -0.39 is 0 Å². The zero-order valence-electron chi connectivity index (χ0n) is 13.2. The van der Waals surface area contributed by atoms with Crippen molar-refractivity contribution in [2.24, 2.45) is 5.92 Å². The molecule has 0 saturated carbocycles. The van der Waals surface area contributed by atoms with E-state index in [1.54, 1.807) is 0 Å². The largest absolute Gasteiger partial charge is 0.492 e. The van der Waals surface area contributed by atoms with Crippen LogP contribution in [0.4, 0.5) is 0 Å². The lowest BCUT2D eigenvalue weighted by Gasteiger charge is -2.19. The van der Waals surface area contributed by atoms with Gasteiger partial charge >= 0.3 is 0 Å². The van der Waals surface area contributed by atoms with Crippen molar-refractivity contribution in [2.45, 2.75) is 32.6 Å². The number of ether oxygens (including phenoxy) is 1. The lowest BCUT2D eigenvalue weighted by molar-refractivity contribution is -0.124. The Morgan fingerprint density at radius 3 is 2.90 bits per heavy atom. The molecule has 1 unspecified atom stereocenters. The Morgan fingerprint density at radius 1 is 1.43 bits per heavy atom. The van der Waals surface area contributed by atoms with Gasteiger partial charge in [0.15, 0.2) is 0 Å². The van der Waals surface area contributed by atoms with Crippen LogP contribution >= 0.6 is 0 Å². The minimum absolute atomic E-state index is 0.114. The van der Waals surface area contributed by atoms with E-state index in [0.717, 1.165) is 25.3 Å². The van der Waals surface area contributed by atoms with Gasteiger partial charge in [-0.2, -0.15) is 0 Å². The van der Waals surface area contributed by atoms with Crippen LogP contribution in [0.15, 0.2) is 24.3 Å². The molecule has 0 bridgehead atoms. The topological polar surface area (TPSA) is 50.4 Å². The van der Waals surface area contributed by atoms with Crippen LogP contribution in [0.25, 0.3) is 0 Å². The van der Waals surface area contributed by atoms with Crippen LogP contribution < -0.4 is 15.4 Å². The molecule has 0 spiro atoms. The predicted octanol–water partition coefficient (Wildman–Crippen LogP) is 2.09. The van der Waals surface area contributed by atoms with Crippen molar-refractivity contribution in [3.05, 3.63) is 29.8 Å². The summed E-state index contributed by atoms with van der Waals surface area (Å²) in [6, 6.07) is 8.15. The van der Waals surface area contributed by atoms with Gasteiger partial charge in [0.05, 0.1) is 12.5 Å². The van der Waals surface area contributed by atoms with E-state index in [1.165, 1.54) is 5.56 Å². The van der Waals surface area contributed by atoms with Gasteiger partial charge in [-0.25, -0.2) is 0 Å². The number of carbonyl (C=O) groups is 1. The van der Waals surface area contributed by atoms with E-state index in [-0.39, 0.29) is 17.2 Å². The predicted molar refractivity (Wildman–Crippen MR) is 84.6 cm³/mol. The summed E-state index contributed by atoms with van der Waals surface area (Å²) in [7, 11) is 0. The highest BCUT2D eigenvalue weighted by Gasteiger charge is 2.21. The van der Waals surface area contributed by atoms with Gasteiger partial charge < -0.3 is 15.4 Å². The molecule has 4 heteroatoms. The smallest absolute Gasteiger partial charge is 0.224 e. The molecular weight excluding hydrogens is 264 g/mol. The summed E-state index contributed by atoms with van der Waals surface area (Å²) in [6.07, 6.45) is 0.931. The maximum absolute atomic E-state index is 11.8. The van der Waals surface area contributed by atoms with E-state index in [4.69, 9.17) is 4.74 Å². The van der Waals surface area contributed by atoms with Gasteiger partial charge in [0, 0.05) is 6.54 Å². The van der Waals surface area contributed by atoms with Crippen molar-refractivity contribution in [2.75, 3.05) is 26.2 Å². The van der Waals surface area contributed by atoms with Gasteiger partial charge in [0.25, 0.3) is 0 Å². The minimum Gasteiger partial charge on any atom is -0.492 e. The molecule has 1 amide bonds. The van der Waals surface area contributed by atoms with Gasteiger partial charge in [-0.3, -0.25) is 4.79 Å². The van der Waals surface area contributed by atoms with Gasteiger partial charge in [-0.1, -0.05) is 32.9 Å². The summed E-state index contributed by atoms with van der Waals surface area (Å²) >= 11 is 0. The Kier molecular flexibility index (Phi) is 5.23. The Labute approximate surface area is 127 Å². The van der Waals surface area contributed by atoms with Crippen LogP contribution in [-0.4, -0.2) is 32.1 Å². The molecule has 0 radical (unpaired) electrons. The number of nitrogens with one attached hydrogen (secondary N) is 2. The summed E-state index contributed by atoms with van der Waals surface area (Å²) in [5.41, 5.74) is 1.37. The Bertz CT molecular complexity index is 474. The van der Waals surface area contributed by atoms with Crippen LogP contribution in [0.1, 0.15) is 32.8 Å². The monoisotopic (exact) mass is 290 g/mol. The molecule has 1 heterocycles. The van der Waals surface area contributed by atoms with Gasteiger partial charge in [0.2, 0.25) is 5.91 Å². The molecule has 0 aliphatic carbocycles. The molecule has 116 valence electrons. The van der Waals surface area contributed by atoms with Crippen LogP contribution in [0.2, 0.25) is 0 Å². The van der Waals surface area contributed by atoms with E-state index in [0.29, 0.717) is 13.2 Å². The number of rotatable bonds is 5. The first kappa shape index (κ1) is 15.8. The quantitative estimate of drug-likeness (QED) is 0.816. The highest BCUT2D eigenvalue weighted by Crippen LogP contribution is 2.25. The fraction of sp³-hybridized carbons (Fsp3) is 0.588. The van der Waals surface area contributed by atoms with Crippen molar-refractivity contribution in [3.63, 3.8) is 0 Å². The normalized spacial score (nSPS) is 18.5. The van der Waals surface area contributed by atoms with E-state index >= 15 is 0 Å². The zero-order valence-corrected chi connectivity index (χ0v) is 13.2. The van der Waals surface area contributed by atoms with Crippen molar-refractivity contribution in [3.8, 4) is 5.75 Å². The first-order valence-corrected chi connectivity index (χ1v) is 7.68. The summed E-state index contributed by atoms with van der Waals surface area (Å²) in [4.78, 5) is 11.8. The Hall–Kier alpha value is -1.55. The molecule has 1 aromatic rings. The van der Waals surface area contributed by atoms with Crippen LogP contribution in [-0.2, 0) is 10.2 Å². The summed E-state index contributed by atoms with van der Waals surface area (Å²) < 4.78 is 5.72. The summed E-state index contributed by atoms with van der Waals surface area (Å²) in [5.74, 6) is 1.11.